The lowest BCUT2D eigenvalue weighted by molar-refractivity contribution is -0.248. The molecule has 44 heavy (non-hydrogen) atoms. The van der Waals surface area contributed by atoms with Crippen molar-refractivity contribution in [3.63, 3.8) is 0 Å². The van der Waals surface area contributed by atoms with Gasteiger partial charge < -0.3 is 24.7 Å². The van der Waals surface area contributed by atoms with Crippen LogP contribution < -0.4 is 16.2 Å². The molecular weight excluding hydrogens is 564 g/mol. The number of imidazole rings is 1. The van der Waals surface area contributed by atoms with Gasteiger partial charge in [-0.3, -0.25) is 18.8 Å². The van der Waals surface area contributed by atoms with Gasteiger partial charge in [-0.05, 0) is 71.0 Å². The number of ether oxygens (including phenoxy) is 4. The fraction of sp³-hybridized carbons (Fsp3) is 0.688. The third kappa shape index (κ3) is 4.47. The van der Waals surface area contributed by atoms with Gasteiger partial charge in [-0.25, -0.2) is 9.78 Å². The Bertz CT molecular complexity index is 1550. The summed E-state index contributed by atoms with van der Waals surface area (Å²) in [7, 11) is 3.76. The molecule has 0 bridgehead atoms. The molecule has 1 saturated carbocycles. The molecule has 4 atom stereocenters. The van der Waals surface area contributed by atoms with E-state index >= 15 is 0 Å². The molecule has 0 unspecified atom stereocenters. The molecule has 5 heterocycles. The molecule has 0 aromatic carbocycles. The minimum atomic E-state index is -0.798. The number of hydrogen-bond acceptors (Lipinski definition) is 10. The maximum atomic E-state index is 14.5. The summed E-state index contributed by atoms with van der Waals surface area (Å²) in [5.74, 6) is -0.970. The Morgan fingerprint density at radius 1 is 1.09 bits per heavy atom. The number of aromatic nitrogens is 4. The Hall–Kier alpha value is -3.06. The lowest BCUT2D eigenvalue weighted by Crippen LogP contribution is -2.56. The molecule has 2 N–H and O–H groups in total. The van der Waals surface area contributed by atoms with Crippen LogP contribution in [0.15, 0.2) is 28.7 Å². The fourth-order valence-corrected chi connectivity index (χ4v) is 8.48. The van der Waals surface area contributed by atoms with Crippen molar-refractivity contribution in [2.45, 2.75) is 88.2 Å². The minimum Gasteiger partial charge on any atom is -0.467 e. The smallest absolute Gasteiger partial charge is 0.330 e. The van der Waals surface area contributed by atoms with E-state index in [1.165, 1.54) is 4.57 Å². The van der Waals surface area contributed by atoms with Crippen molar-refractivity contribution in [1.29, 1.82) is 0 Å². The van der Waals surface area contributed by atoms with Crippen LogP contribution in [-0.4, -0.2) is 87.7 Å². The predicted molar refractivity (Wildman–Crippen MR) is 162 cm³/mol. The lowest BCUT2D eigenvalue weighted by atomic mass is 9.61. The maximum Gasteiger partial charge on any atom is 0.330 e. The molecule has 12 nitrogen and oxygen atoms in total. The average molecular weight is 609 g/mol. The highest BCUT2D eigenvalue weighted by Gasteiger charge is 2.60. The molecule has 3 saturated heterocycles. The van der Waals surface area contributed by atoms with E-state index in [1.807, 2.05) is 0 Å². The number of allylic oxidation sites excluding steroid dienone is 1. The monoisotopic (exact) mass is 608 g/mol. The number of nitrogens with zero attached hydrogens (tertiary/aromatic N) is 5. The van der Waals surface area contributed by atoms with Crippen LogP contribution in [0, 0.1) is 5.41 Å². The Balaban J connectivity index is 1.36. The molecule has 3 aliphatic heterocycles. The first-order chi connectivity index (χ1) is 21.3. The number of carbonyl (C=O) groups is 1. The highest BCUT2D eigenvalue weighted by molar-refractivity contribution is 6.07. The number of ketones is 1. The SMILES string of the molecule is C=C[C@H](Oc1nc(C(=O)C2=C(N)[C@]3(CCCCC34OCCO4)CCC2)nc2c1n(C)c(=O)n2[C@@H]1CCOC1)[C@@H]1CCCN1C. The quantitative estimate of drug-likeness (QED) is 0.369. The van der Waals surface area contributed by atoms with Crippen LogP contribution in [0.25, 0.3) is 11.2 Å². The summed E-state index contributed by atoms with van der Waals surface area (Å²) in [6, 6.07) is -0.0986. The van der Waals surface area contributed by atoms with Gasteiger partial charge in [0.1, 0.15) is 6.10 Å². The standard InChI is InChI=1S/C32H44N6O6/c1-4-23(22-10-8-15-36(22)2)44-29-24-28(38(30(40)37(24)3)20-11-16-41-19-20)34-27(35-29)25(39)21-9-7-13-31(26(21)33)12-5-6-14-32(31)42-17-18-43-32/h4,20,22-23H,1,5-19,33H2,2-3H3/t20-,22+,23+,31+/m1/s1. The van der Waals surface area contributed by atoms with Crippen LogP contribution in [0.2, 0.25) is 0 Å². The van der Waals surface area contributed by atoms with Gasteiger partial charge in [0.2, 0.25) is 17.5 Å². The van der Waals surface area contributed by atoms with Crippen molar-refractivity contribution in [2.24, 2.45) is 18.2 Å². The van der Waals surface area contributed by atoms with Crippen LogP contribution in [0.3, 0.4) is 0 Å². The van der Waals surface area contributed by atoms with Gasteiger partial charge in [0.25, 0.3) is 0 Å². The molecule has 5 aliphatic rings. The normalized spacial score (nSPS) is 29.7. The second-order valence-electron chi connectivity index (χ2n) is 13.1. The molecule has 7 rings (SSSR count). The highest BCUT2D eigenvalue weighted by Crippen LogP contribution is 2.57. The van der Waals surface area contributed by atoms with E-state index in [9.17, 15) is 9.59 Å². The number of aryl methyl sites for hydroxylation is 1. The molecule has 238 valence electrons. The highest BCUT2D eigenvalue weighted by atomic mass is 16.7. The number of nitrogens with two attached hydrogens (primary N) is 1. The number of fused-ring (bicyclic) bond motifs is 2. The van der Waals surface area contributed by atoms with Gasteiger partial charge in [-0.15, -0.1) is 0 Å². The topological polar surface area (TPSA) is 136 Å². The summed E-state index contributed by atoms with van der Waals surface area (Å²) < 4.78 is 27.9. The first-order valence-electron chi connectivity index (χ1n) is 16.2. The number of likely N-dealkylation sites (tertiary alicyclic amines) is 1. The largest absolute Gasteiger partial charge is 0.467 e. The van der Waals surface area contributed by atoms with E-state index in [2.05, 4.69) is 18.5 Å². The maximum absolute atomic E-state index is 14.5. The zero-order chi connectivity index (χ0) is 30.6. The van der Waals surface area contributed by atoms with Crippen LogP contribution in [-0.2, 0) is 21.3 Å². The van der Waals surface area contributed by atoms with E-state index in [4.69, 9.17) is 34.6 Å². The van der Waals surface area contributed by atoms with Crippen molar-refractivity contribution in [2.75, 3.05) is 40.0 Å². The molecule has 12 heteroatoms. The second kappa shape index (κ2) is 11.4. The van der Waals surface area contributed by atoms with Crippen molar-refractivity contribution >= 4 is 16.9 Å². The van der Waals surface area contributed by atoms with E-state index in [1.54, 1.807) is 17.7 Å². The third-order valence-electron chi connectivity index (χ3n) is 10.8. The summed E-state index contributed by atoms with van der Waals surface area (Å²) in [4.78, 5) is 39.9. The minimum absolute atomic E-state index is 0.0264. The van der Waals surface area contributed by atoms with E-state index in [0.717, 1.165) is 57.9 Å². The molecule has 0 radical (unpaired) electrons. The molecule has 2 spiro atoms. The van der Waals surface area contributed by atoms with E-state index in [0.29, 0.717) is 61.7 Å². The molecule has 0 amide bonds. The number of Topliss-reactive ketones (excluding diaryl/α,β-unsaturated/α-hetero) is 1. The number of carbonyl (C=O) groups excluding carboxylic acids is 1. The van der Waals surface area contributed by atoms with Crippen LogP contribution >= 0.6 is 0 Å². The van der Waals surface area contributed by atoms with E-state index < -0.39 is 17.3 Å². The Kier molecular flexibility index (Phi) is 7.67. The summed E-state index contributed by atoms with van der Waals surface area (Å²) in [5, 5.41) is 0. The molecule has 2 aliphatic carbocycles. The zero-order valence-corrected chi connectivity index (χ0v) is 25.9. The van der Waals surface area contributed by atoms with Crippen molar-refractivity contribution in [3.05, 3.63) is 40.2 Å². The van der Waals surface area contributed by atoms with Crippen molar-refractivity contribution in [3.8, 4) is 5.88 Å². The van der Waals surface area contributed by atoms with Gasteiger partial charge in [0, 0.05) is 31.3 Å². The summed E-state index contributed by atoms with van der Waals surface area (Å²) in [5.41, 5.74) is 8.05. The Morgan fingerprint density at radius 2 is 1.86 bits per heavy atom. The van der Waals surface area contributed by atoms with E-state index in [-0.39, 0.29) is 35.3 Å². The van der Waals surface area contributed by atoms with Gasteiger partial charge >= 0.3 is 5.69 Å². The Labute approximate surface area is 257 Å². The van der Waals surface area contributed by atoms with Crippen molar-refractivity contribution in [1.82, 2.24) is 24.0 Å². The molecule has 2 aromatic rings. The van der Waals surface area contributed by atoms with Crippen LogP contribution in [0.5, 0.6) is 5.88 Å². The van der Waals surface area contributed by atoms with Crippen LogP contribution in [0.4, 0.5) is 0 Å². The number of hydrogen-bond donors (Lipinski definition) is 1. The summed E-state index contributed by atoms with van der Waals surface area (Å²) in [6.07, 6.45) is 9.72. The Morgan fingerprint density at radius 3 is 2.57 bits per heavy atom. The number of rotatable bonds is 7. The predicted octanol–water partition coefficient (Wildman–Crippen LogP) is 3.00. The fourth-order valence-electron chi connectivity index (χ4n) is 8.48. The first-order valence-corrected chi connectivity index (χ1v) is 16.2. The van der Waals surface area contributed by atoms with Crippen molar-refractivity contribution < 1.29 is 23.7 Å². The second-order valence-corrected chi connectivity index (χ2v) is 13.1. The third-order valence-corrected chi connectivity index (χ3v) is 10.8. The van der Waals surface area contributed by atoms with Gasteiger partial charge in [-0.1, -0.05) is 13.0 Å². The zero-order valence-electron chi connectivity index (χ0n) is 25.9. The molecular formula is C32H44N6O6. The lowest BCUT2D eigenvalue weighted by Gasteiger charge is -2.52. The van der Waals surface area contributed by atoms with Gasteiger partial charge in [0.15, 0.2) is 17.0 Å². The molecule has 4 fully saturated rings. The van der Waals surface area contributed by atoms with Gasteiger partial charge in [-0.2, -0.15) is 4.98 Å². The first kappa shape index (κ1) is 29.6. The van der Waals surface area contributed by atoms with Gasteiger partial charge in [0.05, 0.1) is 37.3 Å². The summed E-state index contributed by atoms with van der Waals surface area (Å²) >= 11 is 0. The average Bonchev–Trinajstić information content (AvgIpc) is 3.84. The summed E-state index contributed by atoms with van der Waals surface area (Å²) in [6.45, 7) is 7.01. The number of likely N-dealkylation sites (N-methyl/N-ethyl adjacent to an activating group) is 1. The van der Waals surface area contributed by atoms with Crippen LogP contribution in [0.1, 0.15) is 80.9 Å². The molecule has 2 aromatic heterocycles.